The van der Waals surface area contributed by atoms with Crippen molar-refractivity contribution >= 4 is 28.1 Å². The van der Waals surface area contributed by atoms with E-state index in [1.165, 1.54) is 17.7 Å². The van der Waals surface area contributed by atoms with Gasteiger partial charge >= 0.3 is 6.18 Å². The van der Waals surface area contributed by atoms with Gasteiger partial charge in [-0.15, -0.1) is 11.3 Å². The first-order valence-electron chi connectivity index (χ1n) is 8.50. The zero-order valence-electron chi connectivity index (χ0n) is 15.3. The zero-order valence-corrected chi connectivity index (χ0v) is 16.1. The maximum Gasteiger partial charge on any atom is 0.451 e. The molecule has 0 bridgehead atoms. The quantitative estimate of drug-likeness (QED) is 0.525. The summed E-state index contributed by atoms with van der Waals surface area (Å²) in [5.41, 5.74) is 1.82. The zero-order chi connectivity index (χ0) is 20.6. The van der Waals surface area contributed by atoms with Crippen LogP contribution < -0.4 is 5.32 Å². The molecule has 0 aliphatic carbocycles. The van der Waals surface area contributed by atoms with Crippen LogP contribution in [0.15, 0.2) is 37.2 Å². The molecule has 0 spiro atoms. The van der Waals surface area contributed by atoms with Gasteiger partial charge < -0.3 is 5.32 Å². The van der Waals surface area contributed by atoms with E-state index in [9.17, 15) is 13.2 Å². The second-order valence-electron chi connectivity index (χ2n) is 6.29. The van der Waals surface area contributed by atoms with Crippen LogP contribution in [0.4, 0.5) is 19.0 Å². The molecule has 4 aromatic rings. The number of hydrogen-bond acceptors (Lipinski definition) is 8. The highest BCUT2D eigenvalue weighted by atomic mass is 32.1. The molecule has 1 atom stereocenters. The molecular weight excluding hydrogens is 403 g/mol. The lowest BCUT2D eigenvalue weighted by molar-refractivity contribution is -0.145. The largest absolute Gasteiger partial charge is 0.451 e. The van der Waals surface area contributed by atoms with Crippen LogP contribution in [-0.2, 0) is 6.18 Å². The fraction of sp³-hybridized carbons (Fsp3) is 0.222. The molecule has 0 amide bonds. The lowest BCUT2D eigenvalue weighted by Gasteiger charge is -2.16. The van der Waals surface area contributed by atoms with Crippen LogP contribution in [0.5, 0.6) is 0 Å². The lowest BCUT2D eigenvalue weighted by atomic mass is 10.1. The van der Waals surface area contributed by atoms with Crippen LogP contribution in [0, 0.1) is 6.92 Å². The van der Waals surface area contributed by atoms with Gasteiger partial charge in [-0.1, -0.05) is 0 Å². The van der Waals surface area contributed by atoms with E-state index >= 15 is 0 Å². The van der Waals surface area contributed by atoms with Crippen molar-refractivity contribution in [1.29, 1.82) is 0 Å². The SMILES string of the molecule is Cc1cnc(-c2cc3c(N[C@H](C)c4cnc(C(F)(F)F)nc4)ncnc3cn2)s1. The fourth-order valence-electron chi connectivity index (χ4n) is 2.66. The van der Waals surface area contributed by atoms with Gasteiger partial charge in [0.2, 0.25) is 5.82 Å². The first kappa shape index (κ1) is 19.1. The summed E-state index contributed by atoms with van der Waals surface area (Å²) >= 11 is 1.53. The van der Waals surface area contributed by atoms with Crippen LogP contribution in [-0.4, -0.2) is 29.9 Å². The topological polar surface area (TPSA) is 89.4 Å². The number of aryl methyl sites for hydroxylation is 1. The second kappa shape index (κ2) is 7.32. The van der Waals surface area contributed by atoms with Crippen molar-refractivity contribution in [3.8, 4) is 10.7 Å². The lowest BCUT2D eigenvalue weighted by Crippen LogP contribution is -2.14. The summed E-state index contributed by atoms with van der Waals surface area (Å²) in [5.74, 6) is -0.644. The van der Waals surface area contributed by atoms with Crippen molar-refractivity contribution in [2.45, 2.75) is 26.1 Å². The van der Waals surface area contributed by atoms with Crippen molar-refractivity contribution in [2.24, 2.45) is 0 Å². The van der Waals surface area contributed by atoms with Crippen LogP contribution in [0.2, 0.25) is 0 Å². The number of anilines is 1. The number of halogens is 3. The number of nitrogens with zero attached hydrogens (tertiary/aromatic N) is 6. The number of nitrogens with one attached hydrogen (secondary N) is 1. The highest BCUT2D eigenvalue weighted by Crippen LogP contribution is 2.30. The number of alkyl halides is 3. The molecule has 7 nitrogen and oxygen atoms in total. The molecule has 148 valence electrons. The van der Waals surface area contributed by atoms with Crippen molar-refractivity contribution < 1.29 is 13.2 Å². The normalized spacial score (nSPS) is 12.9. The predicted molar refractivity (Wildman–Crippen MR) is 102 cm³/mol. The molecule has 0 radical (unpaired) electrons. The van der Waals surface area contributed by atoms with Crippen molar-refractivity contribution in [3.05, 3.63) is 53.4 Å². The van der Waals surface area contributed by atoms with Gasteiger partial charge in [0, 0.05) is 34.4 Å². The fourth-order valence-corrected chi connectivity index (χ4v) is 3.39. The molecule has 29 heavy (non-hydrogen) atoms. The molecule has 1 N–H and O–H groups in total. The number of fused-ring (bicyclic) bond motifs is 1. The molecular formula is C18H14F3N7S. The summed E-state index contributed by atoms with van der Waals surface area (Å²) < 4.78 is 38.0. The van der Waals surface area contributed by atoms with Gasteiger partial charge in [-0.2, -0.15) is 13.2 Å². The van der Waals surface area contributed by atoms with E-state index in [0.29, 0.717) is 22.6 Å². The van der Waals surface area contributed by atoms with E-state index in [1.807, 2.05) is 13.0 Å². The summed E-state index contributed by atoms with van der Waals surface area (Å²) in [5, 5.41) is 4.69. The Bertz CT molecular complexity index is 1160. The molecule has 4 rings (SSSR count). The van der Waals surface area contributed by atoms with Crippen LogP contribution in [0.1, 0.15) is 29.2 Å². The Balaban J connectivity index is 1.64. The molecule has 0 aliphatic heterocycles. The number of rotatable bonds is 4. The van der Waals surface area contributed by atoms with E-state index in [2.05, 4.69) is 35.2 Å². The summed E-state index contributed by atoms with van der Waals surface area (Å²) in [6.07, 6.45) is 2.55. The van der Waals surface area contributed by atoms with E-state index in [1.54, 1.807) is 19.3 Å². The van der Waals surface area contributed by atoms with Gasteiger partial charge in [0.05, 0.1) is 23.4 Å². The molecule has 4 aromatic heterocycles. The van der Waals surface area contributed by atoms with Crippen molar-refractivity contribution in [2.75, 3.05) is 5.32 Å². The maximum absolute atomic E-state index is 12.7. The van der Waals surface area contributed by atoms with Crippen molar-refractivity contribution in [3.63, 3.8) is 0 Å². The molecule has 0 aromatic carbocycles. The summed E-state index contributed by atoms with van der Waals surface area (Å²) in [6.45, 7) is 3.75. The van der Waals surface area contributed by atoms with E-state index in [0.717, 1.165) is 27.7 Å². The monoisotopic (exact) mass is 417 g/mol. The number of thiazole rings is 1. The Morgan fingerprint density at radius 2 is 1.72 bits per heavy atom. The average molecular weight is 417 g/mol. The molecule has 4 heterocycles. The Morgan fingerprint density at radius 1 is 0.966 bits per heavy atom. The minimum Gasteiger partial charge on any atom is -0.363 e. The highest BCUT2D eigenvalue weighted by molar-refractivity contribution is 7.14. The molecule has 11 heteroatoms. The number of aromatic nitrogens is 6. The molecule has 0 saturated heterocycles. The Kier molecular flexibility index (Phi) is 4.82. The Hall–Kier alpha value is -3.21. The van der Waals surface area contributed by atoms with Gasteiger partial charge in [0.1, 0.15) is 17.2 Å². The summed E-state index contributed by atoms with van der Waals surface area (Å²) in [6, 6.07) is 1.46. The van der Waals surface area contributed by atoms with E-state index < -0.39 is 12.0 Å². The minimum absolute atomic E-state index is 0.380. The summed E-state index contributed by atoms with van der Waals surface area (Å²) in [7, 11) is 0. The number of pyridine rings is 1. The second-order valence-corrected chi connectivity index (χ2v) is 7.52. The van der Waals surface area contributed by atoms with E-state index in [4.69, 9.17) is 0 Å². The van der Waals surface area contributed by atoms with Gasteiger partial charge in [0.15, 0.2) is 0 Å². The number of hydrogen-bond donors (Lipinski definition) is 1. The Labute approximate surface area is 167 Å². The average Bonchev–Trinajstić information content (AvgIpc) is 3.14. The van der Waals surface area contributed by atoms with Gasteiger partial charge in [-0.3, -0.25) is 4.98 Å². The van der Waals surface area contributed by atoms with Gasteiger partial charge in [0.25, 0.3) is 0 Å². The molecule has 0 saturated carbocycles. The Morgan fingerprint density at radius 3 is 2.38 bits per heavy atom. The smallest absolute Gasteiger partial charge is 0.363 e. The van der Waals surface area contributed by atoms with Crippen LogP contribution in [0.25, 0.3) is 21.6 Å². The first-order valence-corrected chi connectivity index (χ1v) is 9.32. The first-order chi connectivity index (χ1) is 13.8. The van der Waals surface area contributed by atoms with Crippen LogP contribution >= 0.6 is 11.3 Å². The molecule has 0 fully saturated rings. The minimum atomic E-state index is -4.57. The highest BCUT2D eigenvalue weighted by Gasteiger charge is 2.34. The summed E-state index contributed by atoms with van der Waals surface area (Å²) in [4.78, 5) is 25.1. The van der Waals surface area contributed by atoms with Crippen molar-refractivity contribution in [1.82, 2.24) is 29.9 Å². The molecule has 0 aliphatic rings. The van der Waals surface area contributed by atoms with E-state index in [-0.39, 0.29) is 6.04 Å². The van der Waals surface area contributed by atoms with Crippen LogP contribution in [0.3, 0.4) is 0 Å². The third kappa shape index (κ3) is 3.99. The van der Waals surface area contributed by atoms with Gasteiger partial charge in [-0.25, -0.2) is 24.9 Å². The molecule has 0 unspecified atom stereocenters. The third-order valence-corrected chi connectivity index (χ3v) is 5.08. The van der Waals surface area contributed by atoms with Gasteiger partial charge in [-0.05, 0) is 19.9 Å². The standard InChI is InChI=1S/C18H14F3N7S/c1-9-4-23-16(29-9)13-3-12-14(7-22-13)26-8-27-15(12)28-10(2)11-5-24-17(25-6-11)18(19,20)21/h3-8,10H,1-2H3,(H,26,27,28)/t10-/m1/s1. The third-order valence-electron chi connectivity index (χ3n) is 4.14. The maximum atomic E-state index is 12.7. The predicted octanol–water partition coefficient (Wildman–Crippen LogP) is 4.44.